The summed E-state index contributed by atoms with van der Waals surface area (Å²) >= 11 is 0. The van der Waals surface area contributed by atoms with Gasteiger partial charge in [0.15, 0.2) is 11.7 Å². The van der Waals surface area contributed by atoms with Crippen LogP contribution in [0.2, 0.25) is 0 Å². The van der Waals surface area contributed by atoms with Gasteiger partial charge in [-0.2, -0.15) is 4.98 Å². The van der Waals surface area contributed by atoms with Gasteiger partial charge in [-0.3, -0.25) is 0 Å². The van der Waals surface area contributed by atoms with E-state index in [0.29, 0.717) is 37.9 Å². The smallest absolute Gasteiger partial charge is 0.344 e. The number of anilines is 1. The van der Waals surface area contributed by atoms with E-state index in [2.05, 4.69) is 9.88 Å². The molecule has 34 heavy (non-hydrogen) atoms. The summed E-state index contributed by atoms with van der Waals surface area (Å²) in [6.45, 7) is 3.53. The summed E-state index contributed by atoms with van der Waals surface area (Å²) < 4.78 is 17.5. The second-order valence-corrected chi connectivity index (χ2v) is 7.90. The van der Waals surface area contributed by atoms with Crippen LogP contribution < -0.4 is 14.4 Å². The number of carbonyl (C=O) groups is 1. The van der Waals surface area contributed by atoms with Gasteiger partial charge in [-0.25, -0.2) is 4.79 Å². The SMILES string of the molecule is CC[C@@H](Oc1cccc(CN(CCCOc2ccccc2)c2nc3ccccc3o2)c1)C(=O)O. The Morgan fingerprint density at radius 2 is 1.79 bits per heavy atom. The summed E-state index contributed by atoms with van der Waals surface area (Å²) in [5.74, 6) is 0.390. The lowest BCUT2D eigenvalue weighted by molar-refractivity contribution is -0.145. The van der Waals surface area contributed by atoms with E-state index >= 15 is 0 Å². The van der Waals surface area contributed by atoms with Gasteiger partial charge in [0, 0.05) is 13.1 Å². The average molecular weight is 461 g/mol. The largest absolute Gasteiger partial charge is 0.494 e. The van der Waals surface area contributed by atoms with E-state index < -0.39 is 12.1 Å². The number of carboxylic acid groups (broad SMARTS) is 1. The van der Waals surface area contributed by atoms with Crippen molar-refractivity contribution >= 4 is 23.1 Å². The number of rotatable bonds is 12. The van der Waals surface area contributed by atoms with Gasteiger partial charge in [-0.15, -0.1) is 0 Å². The number of benzene rings is 3. The highest BCUT2D eigenvalue weighted by Gasteiger charge is 2.18. The lowest BCUT2D eigenvalue weighted by Gasteiger charge is -2.21. The molecule has 0 aliphatic carbocycles. The van der Waals surface area contributed by atoms with Crippen LogP contribution in [-0.2, 0) is 11.3 Å². The summed E-state index contributed by atoms with van der Waals surface area (Å²) in [6, 6.07) is 25.4. The number of oxazole rings is 1. The first-order valence-electron chi connectivity index (χ1n) is 11.4. The molecule has 0 aliphatic heterocycles. The first-order chi connectivity index (χ1) is 16.6. The van der Waals surface area contributed by atoms with Crippen molar-refractivity contribution in [2.24, 2.45) is 0 Å². The molecule has 1 N–H and O–H groups in total. The molecule has 0 saturated heterocycles. The molecule has 0 unspecified atom stereocenters. The Kier molecular flexibility index (Phi) is 7.65. The Morgan fingerprint density at radius 1 is 1.03 bits per heavy atom. The topological polar surface area (TPSA) is 85.0 Å². The molecule has 0 bridgehead atoms. The number of nitrogens with zero attached hydrogens (tertiary/aromatic N) is 2. The highest BCUT2D eigenvalue weighted by molar-refractivity contribution is 5.74. The average Bonchev–Trinajstić information content (AvgIpc) is 3.29. The third-order valence-corrected chi connectivity index (χ3v) is 5.33. The standard InChI is InChI=1S/C27H28N2O5/c1-2-24(26(30)31)33-22-13-8-10-20(18-22)19-29(16-9-17-32-21-11-4-3-5-12-21)27-28-23-14-6-7-15-25(23)34-27/h3-8,10-15,18,24H,2,9,16-17,19H2,1H3,(H,30,31)/t24-/m1/s1. The Balaban J connectivity index is 1.48. The molecule has 0 radical (unpaired) electrons. The van der Waals surface area contributed by atoms with Gasteiger partial charge in [-0.05, 0) is 54.8 Å². The lowest BCUT2D eigenvalue weighted by Crippen LogP contribution is -2.27. The van der Waals surface area contributed by atoms with Gasteiger partial charge in [0.05, 0.1) is 6.61 Å². The van der Waals surface area contributed by atoms with Crippen LogP contribution in [0.15, 0.2) is 83.3 Å². The molecular weight excluding hydrogens is 432 g/mol. The van der Waals surface area contributed by atoms with E-state index in [1.165, 1.54) is 0 Å². The van der Waals surface area contributed by atoms with Gasteiger partial charge in [0.2, 0.25) is 0 Å². The maximum Gasteiger partial charge on any atom is 0.344 e. The number of aromatic nitrogens is 1. The zero-order valence-electron chi connectivity index (χ0n) is 19.1. The molecule has 0 aliphatic rings. The highest BCUT2D eigenvalue weighted by Crippen LogP contribution is 2.25. The molecule has 3 aromatic carbocycles. The number of hydrogen-bond acceptors (Lipinski definition) is 6. The Morgan fingerprint density at radius 3 is 2.56 bits per heavy atom. The van der Waals surface area contributed by atoms with Crippen LogP contribution in [0.3, 0.4) is 0 Å². The number of aliphatic carboxylic acids is 1. The van der Waals surface area contributed by atoms with Gasteiger partial charge >= 0.3 is 5.97 Å². The number of carboxylic acids is 1. The van der Waals surface area contributed by atoms with Gasteiger partial charge in [0.1, 0.15) is 17.0 Å². The summed E-state index contributed by atoms with van der Waals surface area (Å²) in [5, 5.41) is 9.30. The maximum atomic E-state index is 11.4. The molecule has 1 aromatic heterocycles. The van der Waals surface area contributed by atoms with Crippen molar-refractivity contribution in [3.63, 3.8) is 0 Å². The molecule has 0 fully saturated rings. The minimum atomic E-state index is -0.973. The molecule has 0 saturated carbocycles. The zero-order chi connectivity index (χ0) is 23.8. The summed E-state index contributed by atoms with van der Waals surface area (Å²) in [6.07, 6.45) is 0.273. The second-order valence-electron chi connectivity index (χ2n) is 7.90. The van der Waals surface area contributed by atoms with Crippen molar-refractivity contribution in [3.05, 3.63) is 84.4 Å². The van der Waals surface area contributed by atoms with E-state index in [1.807, 2.05) is 72.8 Å². The van der Waals surface area contributed by atoms with Crippen molar-refractivity contribution < 1.29 is 23.8 Å². The van der Waals surface area contributed by atoms with Crippen LogP contribution in [0, 0.1) is 0 Å². The van der Waals surface area contributed by atoms with Crippen molar-refractivity contribution in [1.29, 1.82) is 0 Å². The van der Waals surface area contributed by atoms with Gasteiger partial charge in [-0.1, -0.05) is 49.4 Å². The van der Waals surface area contributed by atoms with Crippen LogP contribution in [0.4, 0.5) is 6.01 Å². The Bertz CT molecular complexity index is 1170. The molecule has 4 aromatic rings. The van der Waals surface area contributed by atoms with Crippen molar-refractivity contribution in [3.8, 4) is 11.5 Å². The van der Waals surface area contributed by atoms with Crippen LogP contribution in [0.25, 0.3) is 11.1 Å². The van der Waals surface area contributed by atoms with Crippen molar-refractivity contribution in [2.45, 2.75) is 32.4 Å². The molecular formula is C27H28N2O5. The quantitative estimate of drug-likeness (QED) is 0.278. The Labute approximate surface area is 198 Å². The Hall–Kier alpha value is -4.00. The molecule has 0 spiro atoms. The number of hydrogen-bond donors (Lipinski definition) is 1. The molecule has 0 amide bonds. The minimum Gasteiger partial charge on any atom is -0.494 e. The predicted octanol–water partition coefficient (Wildman–Crippen LogP) is 5.55. The van der Waals surface area contributed by atoms with Crippen molar-refractivity contribution in [1.82, 2.24) is 4.98 Å². The number of fused-ring (bicyclic) bond motifs is 1. The number of para-hydroxylation sites is 3. The normalized spacial score (nSPS) is 11.8. The van der Waals surface area contributed by atoms with Gasteiger partial charge < -0.3 is 23.9 Å². The van der Waals surface area contributed by atoms with Crippen LogP contribution in [-0.4, -0.2) is 35.3 Å². The molecule has 1 heterocycles. The summed E-state index contributed by atoms with van der Waals surface area (Å²) in [5.41, 5.74) is 2.49. The molecule has 176 valence electrons. The van der Waals surface area contributed by atoms with E-state index in [0.717, 1.165) is 28.8 Å². The predicted molar refractivity (Wildman–Crippen MR) is 130 cm³/mol. The van der Waals surface area contributed by atoms with E-state index in [4.69, 9.17) is 13.9 Å². The second kappa shape index (κ2) is 11.2. The van der Waals surface area contributed by atoms with Crippen LogP contribution in [0.1, 0.15) is 25.3 Å². The molecule has 4 rings (SSSR count). The first-order valence-corrected chi connectivity index (χ1v) is 11.4. The fourth-order valence-corrected chi connectivity index (χ4v) is 3.61. The third kappa shape index (κ3) is 6.07. The number of ether oxygens (including phenoxy) is 2. The van der Waals surface area contributed by atoms with E-state index in [-0.39, 0.29) is 0 Å². The van der Waals surface area contributed by atoms with E-state index in [9.17, 15) is 9.90 Å². The summed E-state index contributed by atoms with van der Waals surface area (Å²) in [4.78, 5) is 18.1. The molecule has 1 atom stereocenters. The van der Waals surface area contributed by atoms with Crippen LogP contribution >= 0.6 is 0 Å². The van der Waals surface area contributed by atoms with E-state index in [1.54, 1.807) is 13.0 Å². The first kappa shape index (κ1) is 23.2. The fourth-order valence-electron chi connectivity index (χ4n) is 3.61. The fraction of sp³-hybridized carbons (Fsp3) is 0.259. The van der Waals surface area contributed by atoms with Crippen LogP contribution in [0.5, 0.6) is 11.5 Å². The minimum absolute atomic E-state index is 0.385. The summed E-state index contributed by atoms with van der Waals surface area (Å²) in [7, 11) is 0. The zero-order valence-corrected chi connectivity index (χ0v) is 19.1. The van der Waals surface area contributed by atoms with Gasteiger partial charge in [0.25, 0.3) is 6.01 Å². The maximum absolute atomic E-state index is 11.4. The third-order valence-electron chi connectivity index (χ3n) is 5.33. The molecule has 7 heteroatoms. The highest BCUT2D eigenvalue weighted by atomic mass is 16.5. The monoisotopic (exact) mass is 460 g/mol. The lowest BCUT2D eigenvalue weighted by atomic mass is 10.2. The van der Waals surface area contributed by atoms with Crippen molar-refractivity contribution in [2.75, 3.05) is 18.1 Å². The molecule has 7 nitrogen and oxygen atoms in total.